The monoisotopic (exact) mass is 391 g/mol. The number of carboxylic acid groups (broad SMARTS) is 1. The molecule has 10 heteroatoms. The van der Waals surface area contributed by atoms with Crippen molar-refractivity contribution in [2.75, 3.05) is 85.6 Å². The second-order valence-electron chi connectivity index (χ2n) is 6.02. The maximum atomic E-state index is 12.1. The number of hydrogen-bond donors (Lipinski definition) is 3. The number of hydrogen-bond acceptors (Lipinski definition) is 8. The molecule has 10 nitrogen and oxygen atoms in total. The first kappa shape index (κ1) is 23.7. The van der Waals surface area contributed by atoms with E-state index in [0.29, 0.717) is 65.9 Å². The number of amides is 1. The fraction of sp³-hybridized carbons (Fsp3) is 0.882. The van der Waals surface area contributed by atoms with Crippen LogP contribution in [-0.4, -0.2) is 114 Å². The van der Waals surface area contributed by atoms with Gasteiger partial charge in [-0.15, -0.1) is 0 Å². The summed E-state index contributed by atoms with van der Waals surface area (Å²) in [6.07, 6.45) is 0. The Hall–Kier alpha value is -1.30. The number of aliphatic carboxylic acids is 1. The number of nitrogens with zero attached hydrogens (tertiary/aromatic N) is 1. The molecular formula is C17H33N3O7. The van der Waals surface area contributed by atoms with Gasteiger partial charge in [0, 0.05) is 26.2 Å². The third-order valence-electron chi connectivity index (χ3n) is 3.98. The van der Waals surface area contributed by atoms with Crippen LogP contribution in [0.25, 0.3) is 0 Å². The van der Waals surface area contributed by atoms with Gasteiger partial charge in [-0.1, -0.05) is 0 Å². The lowest BCUT2D eigenvalue weighted by Gasteiger charge is -2.28. The average molecular weight is 391 g/mol. The molecule has 1 fully saturated rings. The molecule has 0 aliphatic carbocycles. The molecular weight excluding hydrogens is 358 g/mol. The van der Waals surface area contributed by atoms with Crippen molar-refractivity contribution < 1.29 is 33.6 Å². The van der Waals surface area contributed by atoms with E-state index < -0.39 is 18.6 Å². The van der Waals surface area contributed by atoms with E-state index in [-0.39, 0.29) is 5.91 Å². The molecule has 0 aromatic heterocycles. The van der Waals surface area contributed by atoms with Crippen molar-refractivity contribution in [1.82, 2.24) is 15.5 Å². The molecule has 1 amide bonds. The Labute approximate surface area is 160 Å². The highest BCUT2D eigenvalue weighted by Gasteiger charge is 2.21. The summed E-state index contributed by atoms with van der Waals surface area (Å²) in [5, 5.41) is 14.3. The van der Waals surface area contributed by atoms with Gasteiger partial charge < -0.3 is 34.7 Å². The zero-order chi connectivity index (χ0) is 19.7. The summed E-state index contributed by atoms with van der Waals surface area (Å²) >= 11 is 0. The Kier molecular flexibility index (Phi) is 13.8. The molecule has 1 aliphatic heterocycles. The van der Waals surface area contributed by atoms with E-state index in [1.807, 2.05) is 4.90 Å². The quantitative estimate of drug-likeness (QED) is 0.529. The van der Waals surface area contributed by atoms with Gasteiger partial charge in [0.25, 0.3) is 0 Å². The van der Waals surface area contributed by atoms with Crippen LogP contribution in [-0.2, 0) is 28.5 Å². The minimum Gasteiger partial charge on any atom is -0.480 e. The zero-order valence-corrected chi connectivity index (χ0v) is 16.1. The first-order valence-electron chi connectivity index (χ1n) is 9.36. The number of ether oxygens (including phenoxy) is 4. The van der Waals surface area contributed by atoms with Crippen LogP contribution in [0.5, 0.6) is 0 Å². The molecule has 0 aromatic carbocycles. The van der Waals surface area contributed by atoms with Crippen LogP contribution in [0.1, 0.15) is 6.92 Å². The van der Waals surface area contributed by atoms with Gasteiger partial charge in [0.2, 0.25) is 5.91 Å². The average Bonchev–Trinajstić information content (AvgIpc) is 2.65. The molecule has 0 bridgehead atoms. The van der Waals surface area contributed by atoms with Crippen molar-refractivity contribution in [3.8, 4) is 0 Å². The van der Waals surface area contributed by atoms with Gasteiger partial charge in [-0.3, -0.25) is 14.5 Å². The lowest BCUT2D eigenvalue weighted by atomic mass is 10.2. The van der Waals surface area contributed by atoms with Crippen LogP contribution in [0.15, 0.2) is 0 Å². The van der Waals surface area contributed by atoms with E-state index in [9.17, 15) is 9.59 Å². The van der Waals surface area contributed by atoms with Crippen LogP contribution >= 0.6 is 0 Å². The molecule has 1 rings (SSSR count). The zero-order valence-electron chi connectivity index (χ0n) is 16.1. The normalized spacial score (nSPS) is 21.5. The Morgan fingerprint density at radius 3 is 1.89 bits per heavy atom. The summed E-state index contributed by atoms with van der Waals surface area (Å²) in [5.41, 5.74) is 0. The summed E-state index contributed by atoms with van der Waals surface area (Å²) in [5.74, 6) is -1.41. The number of nitrogens with one attached hydrogen (secondary N) is 2. The van der Waals surface area contributed by atoms with E-state index in [1.165, 1.54) is 0 Å². The smallest absolute Gasteiger partial charge is 0.322 e. The van der Waals surface area contributed by atoms with Gasteiger partial charge in [-0.25, -0.2) is 0 Å². The lowest BCUT2D eigenvalue weighted by Crippen LogP contribution is -2.48. The number of rotatable bonds is 4. The fourth-order valence-corrected chi connectivity index (χ4v) is 2.40. The van der Waals surface area contributed by atoms with Crippen LogP contribution in [0.3, 0.4) is 0 Å². The maximum Gasteiger partial charge on any atom is 0.322 e. The Morgan fingerprint density at radius 1 is 0.926 bits per heavy atom. The first-order chi connectivity index (χ1) is 13.1. The van der Waals surface area contributed by atoms with Crippen molar-refractivity contribution in [1.29, 1.82) is 0 Å². The van der Waals surface area contributed by atoms with Crippen molar-refractivity contribution in [3.05, 3.63) is 0 Å². The van der Waals surface area contributed by atoms with Gasteiger partial charge in [0.05, 0.1) is 58.9 Å². The van der Waals surface area contributed by atoms with Gasteiger partial charge in [0.15, 0.2) is 0 Å². The van der Waals surface area contributed by atoms with Crippen molar-refractivity contribution in [3.63, 3.8) is 0 Å². The largest absolute Gasteiger partial charge is 0.480 e. The standard InChI is InChI=1S/C17H33N3O7/c1-15(17(23)19-14-16(21)22)20-4-8-26-12-10-24-6-2-18-3-7-25-11-13-27-9-5-20/h15,18H,2-14H2,1H3,(H,19,23)(H,21,22)/t15-/m0/s1. The van der Waals surface area contributed by atoms with Gasteiger partial charge in [0.1, 0.15) is 6.54 Å². The molecule has 1 aliphatic rings. The Bertz CT molecular complexity index is 394. The van der Waals surface area contributed by atoms with Crippen LogP contribution in [0.4, 0.5) is 0 Å². The van der Waals surface area contributed by atoms with Gasteiger partial charge in [-0.05, 0) is 6.92 Å². The highest BCUT2D eigenvalue weighted by molar-refractivity contribution is 5.84. The molecule has 0 spiro atoms. The van der Waals surface area contributed by atoms with Gasteiger partial charge in [-0.2, -0.15) is 0 Å². The topological polar surface area (TPSA) is 119 Å². The molecule has 0 aromatic rings. The molecule has 158 valence electrons. The molecule has 0 unspecified atom stereocenters. The van der Waals surface area contributed by atoms with E-state index in [2.05, 4.69) is 10.6 Å². The predicted octanol–water partition coefficient (Wildman–Crippen LogP) is -1.45. The summed E-state index contributed by atoms with van der Waals surface area (Å²) in [6, 6.07) is -0.485. The minimum absolute atomic E-state index is 0.335. The first-order valence-corrected chi connectivity index (χ1v) is 9.36. The van der Waals surface area contributed by atoms with E-state index in [0.717, 1.165) is 13.1 Å². The van der Waals surface area contributed by atoms with Crippen LogP contribution in [0.2, 0.25) is 0 Å². The molecule has 1 heterocycles. The third-order valence-corrected chi connectivity index (χ3v) is 3.98. The van der Waals surface area contributed by atoms with E-state index in [1.54, 1.807) is 6.92 Å². The second-order valence-corrected chi connectivity index (χ2v) is 6.02. The number of carboxylic acids is 1. The molecule has 1 atom stereocenters. The molecule has 0 radical (unpaired) electrons. The maximum absolute atomic E-state index is 12.1. The van der Waals surface area contributed by atoms with E-state index in [4.69, 9.17) is 24.1 Å². The molecule has 1 saturated heterocycles. The van der Waals surface area contributed by atoms with Crippen molar-refractivity contribution in [2.45, 2.75) is 13.0 Å². The Balaban J connectivity index is 2.44. The van der Waals surface area contributed by atoms with Crippen molar-refractivity contribution >= 4 is 11.9 Å². The summed E-state index contributed by atoms with van der Waals surface area (Å²) in [6.45, 7) is 8.02. The highest BCUT2D eigenvalue weighted by atomic mass is 16.5. The van der Waals surface area contributed by atoms with Crippen molar-refractivity contribution in [2.24, 2.45) is 0 Å². The lowest BCUT2D eigenvalue weighted by molar-refractivity contribution is -0.138. The summed E-state index contributed by atoms with van der Waals surface area (Å²) in [7, 11) is 0. The van der Waals surface area contributed by atoms with Gasteiger partial charge >= 0.3 is 5.97 Å². The number of carbonyl (C=O) groups is 2. The molecule has 0 saturated carbocycles. The van der Waals surface area contributed by atoms with Crippen LogP contribution < -0.4 is 10.6 Å². The highest BCUT2D eigenvalue weighted by Crippen LogP contribution is 2.00. The molecule has 3 N–H and O–H groups in total. The predicted molar refractivity (Wildman–Crippen MR) is 97.8 cm³/mol. The van der Waals surface area contributed by atoms with Crippen LogP contribution in [0, 0.1) is 0 Å². The minimum atomic E-state index is -1.07. The fourth-order valence-electron chi connectivity index (χ4n) is 2.40. The third kappa shape index (κ3) is 12.7. The van der Waals surface area contributed by atoms with E-state index >= 15 is 0 Å². The molecule has 27 heavy (non-hydrogen) atoms. The second kappa shape index (κ2) is 15.7. The SMILES string of the molecule is C[C@@H](C(=O)NCC(=O)O)N1CCOCCOCCNCCOCCOCC1. The summed E-state index contributed by atoms with van der Waals surface area (Å²) in [4.78, 5) is 24.7. The summed E-state index contributed by atoms with van der Waals surface area (Å²) < 4.78 is 22.1. The Morgan fingerprint density at radius 2 is 1.41 bits per heavy atom. The number of carbonyl (C=O) groups excluding carboxylic acids is 1.